The number of hydrogen-bond acceptors (Lipinski definition) is 3. The van der Waals surface area contributed by atoms with Crippen LogP contribution in [0.25, 0.3) is 10.8 Å². The van der Waals surface area contributed by atoms with Gasteiger partial charge >= 0.3 is 0 Å². The van der Waals surface area contributed by atoms with Crippen molar-refractivity contribution in [2.24, 2.45) is 0 Å². The van der Waals surface area contributed by atoms with Gasteiger partial charge in [-0.25, -0.2) is 0 Å². The molecule has 94 valence electrons. The van der Waals surface area contributed by atoms with Crippen LogP contribution in [0.5, 0.6) is 0 Å². The lowest BCUT2D eigenvalue weighted by Gasteiger charge is -2.28. The molecule has 0 atom stereocenters. The lowest BCUT2D eigenvalue weighted by Crippen LogP contribution is -2.23. The van der Waals surface area contributed by atoms with Crippen molar-refractivity contribution in [1.82, 2.24) is 0 Å². The zero-order valence-corrected chi connectivity index (χ0v) is 10.7. The number of benzene rings is 2. The number of hydrogen-bond donors (Lipinski definition) is 2. The van der Waals surface area contributed by atoms with Crippen molar-refractivity contribution in [3.8, 4) is 0 Å². The first-order chi connectivity index (χ1) is 9.31. The average molecular weight is 271 g/mol. The normalized spacial score (nSPS) is 14.2. The second kappa shape index (κ2) is 3.93. The quantitative estimate of drug-likeness (QED) is 0.677. The molecule has 1 aromatic heterocycles. The lowest BCUT2D eigenvalue weighted by molar-refractivity contribution is 0.495. The van der Waals surface area contributed by atoms with E-state index in [9.17, 15) is 0 Å². The van der Waals surface area contributed by atoms with Gasteiger partial charge < -0.3 is 15.1 Å². The minimum atomic E-state index is -0.104. The first-order valence-corrected chi connectivity index (χ1v) is 6.49. The van der Waals surface area contributed by atoms with Crippen LogP contribution in [0, 0.1) is 0 Å². The van der Waals surface area contributed by atoms with E-state index < -0.39 is 0 Å². The standard InChI is InChI=1S/C15H11ClN2O/c16-13-8-7-12(19-13)15-17-10-5-1-3-9-4-2-6-11(18-15)14(9)10/h1-8,15,17-18H. The summed E-state index contributed by atoms with van der Waals surface area (Å²) in [5.41, 5.74) is 2.20. The minimum Gasteiger partial charge on any atom is -0.445 e. The molecule has 0 aliphatic carbocycles. The molecule has 4 heteroatoms. The molecule has 19 heavy (non-hydrogen) atoms. The SMILES string of the molecule is Clc1ccc(C2Nc3cccc4cccc(c34)N2)o1. The molecule has 0 bridgehead atoms. The van der Waals surface area contributed by atoms with Crippen molar-refractivity contribution in [2.45, 2.75) is 6.17 Å². The molecular formula is C15H11ClN2O. The summed E-state index contributed by atoms with van der Waals surface area (Å²) < 4.78 is 5.47. The summed E-state index contributed by atoms with van der Waals surface area (Å²) in [6.07, 6.45) is -0.104. The van der Waals surface area contributed by atoms with Crippen molar-refractivity contribution >= 4 is 33.7 Å². The predicted molar refractivity (Wildman–Crippen MR) is 77.7 cm³/mol. The summed E-state index contributed by atoms with van der Waals surface area (Å²) in [5.74, 6) is 0.775. The van der Waals surface area contributed by atoms with E-state index in [0.717, 1.165) is 17.1 Å². The fourth-order valence-electron chi connectivity index (χ4n) is 2.55. The Kier molecular flexibility index (Phi) is 2.23. The summed E-state index contributed by atoms with van der Waals surface area (Å²) in [7, 11) is 0. The van der Waals surface area contributed by atoms with E-state index in [2.05, 4.69) is 34.9 Å². The molecule has 0 saturated carbocycles. The van der Waals surface area contributed by atoms with E-state index >= 15 is 0 Å². The lowest BCUT2D eigenvalue weighted by atomic mass is 10.0. The largest absolute Gasteiger partial charge is 0.445 e. The molecule has 3 aromatic rings. The molecule has 1 aliphatic heterocycles. The zero-order valence-electron chi connectivity index (χ0n) is 9.98. The first-order valence-electron chi connectivity index (χ1n) is 6.11. The second-order valence-corrected chi connectivity index (χ2v) is 4.95. The smallest absolute Gasteiger partial charge is 0.193 e. The van der Waals surface area contributed by atoms with Crippen molar-refractivity contribution in [3.05, 3.63) is 59.5 Å². The van der Waals surface area contributed by atoms with Crippen LogP contribution in [0.1, 0.15) is 11.9 Å². The zero-order chi connectivity index (χ0) is 12.8. The number of furan rings is 1. The third kappa shape index (κ3) is 1.66. The van der Waals surface area contributed by atoms with Crippen LogP contribution >= 0.6 is 11.6 Å². The maximum absolute atomic E-state index is 5.84. The van der Waals surface area contributed by atoms with Gasteiger partial charge in [-0.2, -0.15) is 0 Å². The van der Waals surface area contributed by atoms with E-state index in [1.54, 1.807) is 6.07 Å². The Morgan fingerprint density at radius 3 is 2.16 bits per heavy atom. The van der Waals surface area contributed by atoms with Crippen LogP contribution in [0.2, 0.25) is 5.22 Å². The van der Waals surface area contributed by atoms with E-state index in [0.29, 0.717) is 5.22 Å². The van der Waals surface area contributed by atoms with E-state index in [1.165, 1.54) is 10.8 Å². The van der Waals surface area contributed by atoms with Crippen molar-refractivity contribution in [3.63, 3.8) is 0 Å². The van der Waals surface area contributed by atoms with Crippen LogP contribution in [-0.4, -0.2) is 0 Å². The van der Waals surface area contributed by atoms with Gasteiger partial charge in [0.15, 0.2) is 11.4 Å². The van der Waals surface area contributed by atoms with E-state index in [4.69, 9.17) is 16.0 Å². The van der Waals surface area contributed by atoms with Gasteiger partial charge in [0.2, 0.25) is 0 Å². The summed E-state index contributed by atoms with van der Waals surface area (Å²) in [6, 6.07) is 16.1. The molecule has 0 fully saturated rings. The van der Waals surface area contributed by atoms with Crippen LogP contribution in [0.15, 0.2) is 52.9 Å². The predicted octanol–water partition coefficient (Wildman–Crippen LogP) is 4.62. The molecule has 0 spiro atoms. The number of rotatable bonds is 1. The molecule has 2 N–H and O–H groups in total. The average Bonchev–Trinajstić information content (AvgIpc) is 2.86. The molecule has 0 saturated heterocycles. The van der Waals surface area contributed by atoms with Crippen LogP contribution < -0.4 is 10.6 Å². The Labute approximate surface area is 115 Å². The van der Waals surface area contributed by atoms with Gasteiger partial charge in [0, 0.05) is 16.8 Å². The van der Waals surface area contributed by atoms with Gasteiger partial charge in [0.05, 0.1) is 0 Å². The van der Waals surface area contributed by atoms with E-state index in [1.807, 2.05) is 18.2 Å². The Bertz CT molecular complexity index is 725. The van der Waals surface area contributed by atoms with Crippen LogP contribution in [-0.2, 0) is 0 Å². The third-order valence-corrected chi connectivity index (χ3v) is 3.59. The molecule has 0 radical (unpaired) electrons. The summed E-state index contributed by atoms with van der Waals surface area (Å²) >= 11 is 5.84. The fraction of sp³-hybridized carbons (Fsp3) is 0.0667. The molecule has 0 amide bonds. The highest BCUT2D eigenvalue weighted by Crippen LogP contribution is 2.38. The van der Waals surface area contributed by atoms with Crippen LogP contribution in [0.4, 0.5) is 11.4 Å². The molecule has 2 aromatic carbocycles. The van der Waals surface area contributed by atoms with Gasteiger partial charge in [-0.3, -0.25) is 0 Å². The Morgan fingerprint density at radius 1 is 0.895 bits per heavy atom. The Morgan fingerprint density at radius 2 is 1.58 bits per heavy atom. The summed E-state index contributed by atoms with van der Waals surface area (Å²) in [6.45, 7) is 0. The molecule has 4 rings (SSSR count). The fourth-order valence-corrected chi connectivity index (χ4v) is 2.71. The summed E-state index contributed by atoms with van der Waals surface area (Å²) in [5, 5.41) is 9.67. The van der Waals surface area contributed by atoms with Crippen molar-refractivity contribution in [2.75, 3.05) is 10.6 Å². The summed E-state index contributed by atoms with van der Waals surface area (Å²) in [4.78, 5) is 0. The topological polar surface area (TPSA) is 37.2 Å². The molecule has 2 heterocycles. The molecule has 0 unspecified atom stereocenters. The van der Waals surface area contributed by atoms with Crippen molar-refractivity contribution in [1.29, 1.82) is 0 Å². The highest BCUT2D eigenvalue weighted by Gasteiger charge is 2.22. The van der Waals surface area contributed by atoms with Gasteiger partial charge in [0.1, 0.15) is 5.76 Å². The number of nitrogens with one attached hydrogen (secondary N) is 2. The van der Waals surface area contributed by atoms with Gasteiger partial charge in [0.25, 0.3) is 0 Å². The molecular weight excluding hydrogens is 260 g/mol. The minimum absolute atomic E-state index is 0.104. The second-order valence-electron chi connectivity index (χ2n) is 4.57. The highest BCUT2D eigenvalue weighted by molar-refractivity contribution is 6.28. The Balaban J connectivity index is 1.84. The molecule has 1 aliphatic rings. The highest BCUT2D eigenvalue weighted by atomic mass is 35.5. The maximum atomic E-state index is 5.84. The third-order valence-electron chi connectivity index (χ3n) is 3.38. The number of halogens is 1. The maximum Gasteiger partial charge on any atom is 0.193 e. The van der Waals surface area contributed by atoms with Gasteiger partial charge in [-0.05, 0) is 41.3 Å². The molecule has 3 nitrogen and oxygen atoms in total. The van der Waals surface area contributed by atoms with E-state index in [-0.39, 0.29) is 6.17 Å². The monoisotopic (exact) mass is 270 g/mol. The van der Waals surface area contributed by atoms with Gasteiger partial charge in [-0.1, -0.05) is 24.3 Å². The van der Waals surface area contributed by atoms with Crippen molar-refractivity contribution < 1.29 is 4.42 Å². The first kappa shape index (κ1) is 10.8. The van der Waals surface area contributed by atoms with Crippen LogP contribution in [0.3, 0.4) is 0 Å². The Hall–Kier alpha value is -2.13. The van der Waals surface area contributed by atoms with Gasteiger partial charge in [-0.15, -0.1) is 0 Å². The number of anilines is 2.